The Morgan fingerprint density at radius 1 is 1.47 bits per heavy atom. The standard InChI is InChI=1S/C11H10BFO4/c1-17-11(16)10(15)5-9(14)7-3-2-6(13)4-8(7)12/h2-5,15H,12H2,1H3/b10-5-. The minimum atomic E-state index is -1.00. The van der Waals surface area contributed by atoms with Crippen molar-refractivity contribution in [1.29, 1.82) is 0 Å². The Hall–Kier alpha value is -2.11. The summed E-state index contributed by atoms with van der Waals surface area (Å²) in [5.74, 6) is -2.84. The number of aliphatic hydroxyl groups is 1. The van der Waals surface area contributed by atoms with Crippen LogP contribution in [0.5, 0.6) is 0 Å². The highest BCUT2D eigenvalue weighted by atomic mass is 19.1. The van der Waals surface area contributed by atoms with E-state index in [1.807, 2.05) is 0 Å². The molecule has 0 amide bonds. The van der Waals surface area contributed by atoms with Crippen molar-refractivity contribution in [2.45, 2.75) is 0 Å². The molecule has 0 aromatic heterocycles. The zero-order chi connectivity index (χ0) is 13.0. The van der Waals surface area contributed by atoms with E-state index in [2.05, 4.69) is 4.74 Å². The molecule has 4 nitrogen and oxygen atoms in total. The molecule has 0 saturated heterocycles. The molecule has 0 radical (unpaired) electrons. The van der Waals surface area contributed by atoms with Gasteiger partial charge in [-0.15, -0.1) is 0 Å². The maximum absolute atomic E-state index is 12.8. The van der Waals surface area contributed by atoms with Gasteiger partial charge in [-0.05, 0) is 18.2 Å². The summed E-state index contributed by atoms with van der Waals surface area (Å²) in [6.07, 6.45) is 0.742. The van der Waals surface area contributed by atoms with Gasteiger partial charge in [-0.25, -0.2) is 9.18 Å². The maximum Gasteiger partial charge on any atom is 0.373 e. The monoisotopic (exact) mass is 236 g/mol. The van der Waals surface area contributed by atoms with Gasteiger partial charge < -0.3 is 9.84 Å². The third-order valence-electron chi connectivity index (χ3n) is 2.12. The second-order valence-electron chi connectivity index (χ2n) is 3.34. The number of carbonyl (C=O) groups excluding carboxylic acids is 2. The van der Waals surface area contributed by atoms with E-state index in [4.69, 9.17) is 0 Å². The van der Waals surface area contributed by atoms with Gasteiger partial charge in [0, 0.05) is 11.6 Å². The Morgan fingerprint density at radius 2 is 2.12 bits per heavy atom. The van der Waals surface area contributed by atoms with Crippen molar-refractivity contribution in [2.24, 2.45) is 0 Å². The lowest BCUT2D eigenvalue weighted by atomic mass is 9.88. The first-order chi connectivity index (χ1) is 7.95. The van der Waals surface area contributed by atoms with E-state index < -0.39 is 23.3 Å². The van der Waals surface area contributed by atoms with Crippen LogP contribution in [0.3, 0.4) is 0 Å². The van der Waals surface area contributed by atoms with Gasteiger partial charge in [0.1, 0.15) is 13.7 Å². The lowest BCUT2D eigenvalue weighted by Crippen LogP contribution is -2.16. The summed E-state index contributed by atoms with van der Waals surface area (Å²) in [6.45, 7) is 0. The van der Waals surface area contributed by atoms with Crippen molar-refractivity contribution in [3.05, 3.63) is 41.4 Å². The summed E-state index contributed by atoms with van der Waals surface area (Å²) < 4.78 is 17.0. The fourth-order valence-electron chi connectivity index (χ4n) is 1.27. The summed E-state index contributed by atoms with van der Waals surface area (Å²) >= 11 is 0. The number of ketones is 1. The molecule has 0 saturated carbocycles. The third kappa shape index (κ3) is 3.17. The second-order valence-corrected chi connectivity index (χ2v) is 3.34. The molecule has 0 aliphatic carbocycles. The van der Waals surface area contributed by atoms with Crippen molar-refractivity contribution < 1.29 is 23.8 Å². The van der Waals surface area contributed by atoms with Crippen LogP contribution in [-0.4, -0.2) is 31.8 Å². The van der Waals surface area contributed by atoms with E-state index in [0.717, 1.165) is 19.3 Å². The van der Waals surface area contributed by atoms with Gasteiger partial charge in [0.15, 0.2) is 5.78 Å². The van der Waals surface area contributed by atoms with Gasteiger partial charge in [-0.1, -0.05) is 5.46 Å². The zero-order valence-electron chi connectivity index (χ0n) is 9.36. The molecule has 0 atom stereocenters. The molecule has 0 heterocycles. The first-order valence-electron chi connectivity index (χ1n) is 4.75. The molecule has 1 aromatic carbocycles. The smallest absolute Gasteiger partial charge is 0.373 e. The highest BCUT2D eigenvalue weighted by Gasteiger charge is 2.12. The van der Waals surface area contributed by atoms with Crippen LogP contribution in [0.1, 0.15) is 10.4 Å². The van der Waals surface area contributed by atoms with Crippen LogP contribution in [0.25, 0.3) is 0 Å². The summed E-state index contributed by atoms with van der Waals surface area (Å²) in [5.41, 5.74) is 0.630. The maximum atomic E-state index is 12.8. The van der Waals surface area contributed by atoms with Crippen molar-refractivity contribution in [3.63, 3.8) is 0 Å². The Balaban J connectivity index is 3.02. The minimum Gasteiger partial charge on any atom is -0.502 e. The van der Waals surface area contributed by atoms with Crippen LogP contribution in [0.4, 0.5) is 4.39 Å². The number of allylic oxidation sites excluding steroid dienone is 1. The topological polar surface area (TPSA) is 63.6 Å². The first kappa shape index (κ1) is 13.0. The molecule has 17 heavy (non-hydrogen) atoms. The number of benzene rings is 1. The highest BCUT2D eigenvalue weighted by Crippen LogP contribution is 2.03. The molecule has 1 N–H and O–H groups in total. The summed E-state index contributed by atoms with van der Waals surface area (Å²) in [6, 6.07) is 3.60. The number of esters is 1. The van der Waals surface area contributed by atoms with Crippen molar-refractivity contribution in [1.82, 2.24) is 0 Å². The first-order valence-corrected chi connectivity index (χ1v) is 4.75. The Bertz CT molecular complexity index is 496. The number of methoxy groups -OCH3 is 1. The van der Waals surface area contributed by atoms with Crippen molar-refractivity contribution >= 4 is 25.1 Å². The lowest BCUT2D eigenvalue weighted by molar-refractivity contribution is -0.139. The van der Waals surface area contributed by atoms with Crippen LogP contribution < -0.4 is 5.46 Å². The second kappa shape index (κ2) is 5.29. The minimum absolute atomic E-state index is 0.210. The average molecular weight is 236 g/mol. The number of hydrogen-bond acceptors (Lipinski definition) is 4. The van der Waals surface area contributed by atoms with Gasteiger partial charge in [-0.3, -0.25) is 4.79 Å². The largest absolute Gasteiger partial charge is 0.502 e. The van der Waals surface area contributed by atoms with E-state index in [1.54, 1.807) is 7.85 Å². The Morgan fingerprint density at radius 3 is 2.65 bits per heavy atom. The van der Waals surface area contributed by atoms with E-state index >= 15 is 0 Å². The normalized spacial score (nSPS) is 11.1. The number of rotatable bonds is 3. The summed E-state index contributed by atoms with van der Waals surface area (Å²) in [5, 5.41) is 9.19. The summed E-state index contributed by atoms with van der Waals surface area (Å²) in [7, 11) is 2.64. The number of ether oxygens (including phenoxy) is 1. The molecule has 0 spiro atoms. The number of aliphatic hydroxyl groups excluding tert-OH is 1. The van der Waals surface area contributed by atoms with Crippen LogP contribution in [0.15, 0.2) is 30.0 Å². The zero-order valence-corrected chi connectivity index (χ0v) is 9.36. The lowest BCUT2D eigenvalue weighted by Gasteiger charge is -2.02. The van der Waals surface area contributed by atoms with Gasteiger partial charge in [0.25, 0.3) is 0 Å². The Labute approximate surface area is 98.1 Å². The fraction of sp³-hybridized carbons (Fsp3) is 0.0909. The predicted octanol–water partition coefficient (Wildman–Crippen LogP) is -0.118. The van der Waals surface area contributed by atoms with Crippen LogP contribution >= 0.6 is 0 Å². The van der Waals surface area contributed by atoms with Crippen molar-refractivity contribution in [2.75, 3.05) is 7.11 Å². The van der Waals surface area contributed by atoms with Crippen LogP contribution in [-0.2, 0) is 9.53 Å². The van der Waals surface area contributed by atoms with E-state index in [1.165, 1.54) is 12.1 Å². The van der Waals surface area contributed by atoms with E-state index in [-0.39, 0.29) is 5.56 Å². The molecule has 1 rings (SSSR count). The van der Waals surface area contributed by atoms with Crippen LogP contribution in [0.2, 0.25) is 0 Å². The predicted molar refractivity (Wildman–Crippen MR) is 61.6 cm³/mol. The molecular weight excluding hydrogens is 226 g/mol. The third-order valence-corrected chi connectivity index (χ3v) is 2.12. The molecule has 1 aromatic rings. The summed E-state index contributed by atoms with van der Waals surface area (Å²) in [4.78, 5) is 22.5. The molecule has 0 bridgehead atoms. The molecule has 0 aliphatic rings. The van der Waals surface area contributed by atoms with Gasteiger partial charge in [0.05, 0.1) is 7.11 Å². The molecule has 0 aliphatic heterocycles. The number of hydrogen-bond donors (Lipinski definition) is 1. The highest BCUT2D eigenvalue weighted by molar-refractivity contribution is 6.37. The van der Waals surface area contributed by atoms with Gasteiger partial charge in [0.2, 0.25) is 5.76 Å². The molecule has 0 fully saturated rings. The fourth-order valence-corrected chi connectivity index (χ4v) is 1.27. The number of carbonyl (C=O) groups is 2. The van der Waals surface area contributed by atoms with Gasteiger partial charge >= 0.3 is 5.97 Å². The number of halogens is 1. The SMILES string of the molecule is Bc1cc(F)ccc1C(=O)/C=C(\O)C(=O)OC. The molecule has 6 heteroatoms. The van der Waals surface area contributed by atoms with Crippen LogP contribution in [0, 0.1) is 5.82 Å². The molecular formula is C11H10BFO4. The van der Waals surface area contributed by atoms with E-state index in [0.29, 0.717) is 5.46 Å². The average Bonchev–Trinajstić information content (AvgIpc) is 2.27. The Kier molecular flexibility index (Phi) is 4.03. The molecule has 0 unspecified atom stereocenters. The van der Waals surface area contributed by atoms with E-state index in [9.17, 15) is 19.1 Å². The quantitative estimate of drug-likeness (QED) is 0.261. The van der Waals surface area contributed by atoms with Crippen molar-refractivity contribution in [3.8, 4) is 0 Å². The van der Waals surface area contributed by atoms with Gasteiger partial charge in [-0.2, -0.15) is 0 Å². The molecule has 88 valence electrons.